The van der Waals surface area contributed by atoms with Crippen molar-refractivity contribution >= 4 is 11.9 Å². The molecule has 0 N–H and O–H groups in total. The second-order valence-electron chi connectivity index (χ2n) is 5.21. The Bertz CT molecular complexity index is 484. The van der Waals surface area contributed by atoms with Crippen LogP contribution in [0.1, 0.15) is 20.8 Å². The molecule has 0 aromatic rings. The van der Waals surface area contributed by atoms with Crippen LogP contribution in [0.15, 0.2) is 0 Å². The third-order valence-corrected chi connectivity index (χ3v) is 3.37. The van der Waals surface area contributed by atoms with Gasteiger partial charge in [-0.05, 0) is 6.92 Å². The van der Waals surface area contributed by atoms with Crippen molar-refractivity contribution in [2.75, 3.05) is 13.2 Å². The summed E-state index contributed by atoms with van der Waals surface area (Å²) < 4.78 is 32.7. The quantitative estimate of drug-likeness (QED) is 0.526. The van der Waals surface area contributed by atoms with Gasteiger partial charge in [-0.15, -0.1) is 6.42 Å². The van der Waals surface area contributed by atoms with Crippen LogP contribution in [0.2, 0.25) is 0 Å². The third-order valence-electron chi connectivity index (χ3n) is 3.37. The Hall–Kier alpha value is -1.66. The molecule has 23 heavy (non-hydrogen) atoms. The molecule has 0 aromatic heterocycles. The van der Waals surface area contributed by atoms with E-state index in [0.717, 1.165) is 0 Å². The number of hydrogen-bond acceptors (Lipinski definition) is 8. The summed E-state index contributed by atoms with van der Waals surface area (Å²) in [6.45, 7) is 4.39. The lowest BCUT2D eigenvalue weighted by Gasteiger charge is -2.47. The molecule has 2 heterocycles. The molecule has 2 fully saturated rings. The average Bonchev–Trinajstić information content (AvgIpc) is 2.47. The highest BCUT2D eigenvalue weighted by Gasteiger charge is 2.53. The summed E-state index contributed by atoms with van der Waals surface area (Å²) >= 11 is 0. The number of fused-ring (bicyclic) bond motifs is 1. The summed E-state index contributed by atoms with van der Waals surface area (Å²) in [5, 5.41) is 0. The Morgan fingerprint density at radius 3 is 2.43 bits per heavy atom. The summed E-state index contributed by atoms with van der Waals surface area (Å²) in [6.07, 6.45) is 0.646. The molecule has 0 bridgehead atoms. The number of carbonyl (C=O) groups excluding carboxylic acids is 2. The van der Waals surface area contributed by atoms with E-state index in [1.165, 1.54) is 13.8 Å². The van der Waals surface area contributed by atoms with Gasteiger partial charge in [0.2, 0.25) is 0 Å². The Morgan fingerprint density at radius 2 is 1.83 bits per heavy atom. The van der Waals surface area contributed by atoms with Gasteiger partial charge in [-0.1, -0.05) is 5.92 Å². The van der Waals surface area contributed by atoms with Crippen LogP contribution in [0.3, 0.4) is 0 Å². The highest BCUT2D eigenvalue weighted by atomic mass is 16.8. The number of terminal acetylenes is 1. The highest BCUT2D eigenvalue weighted by Crippen LogP contribution is 2.32. The summed E-state index contributed by atoms with van der Waals surface area (Å²) in [7, 11) is 0. The minimum Gasteiger partial charge on any atom is -0.455 e. The molecule has 0 saturated carbocycles. The van der Waals surface area contributed by atoms with Crippen LogP contribution in [-0.4, -0.2) is 62.1 Å². The van der Waals surface area contributed by atoms with Gasteiger partial charge in [0.05, 0.1) is 6.61 Å². The minimum atomic E-state index is -0.990. The summed E-state index contributed by atoms with van der Waals surface area (Å²) in [6, 6.07) is 0. The maximum absolute atomic E-state index is 11.5. The van der Waals surface area contributed by atoms with E-state index in [9.17, 15) is 9.59 Å². The first-order chi connectivity index (χ1) is 10.9. The van der Waals surface area contributed by atoms with E-state index in [2.05, 4.69) is 5.92 Å². The van der Waals surface area contributed by atoms with Gasteiger partial charge in [-0.2, -0.15) is 0 Å². The van der Waals surface area contributed by atoms with Gasteiger partial charge < -0.3 is 28.4 Å². The number of hydrogen-bond donors (Lipinski definition) is 0. The maximum Gasteiger partial charge on any atom is 0.303 e. The first kappa shape index (κ1) is 17.7. The molecule has 6 atom stereocenters. The number of ether oxygens (including phenoxy) is 6. The topological polar surface area (TPSA) is 89.5 Å². The van der Waals surface area contributed by atoms with E-state index >= 15 is 0 Å². The lowest BCUT2D eigenvalue weighted by atomic mass is 9.97. The van der Waals surface area contributed by atoms with Crippen LogP contribution >= 0.6 is 0 Å². The zero-order valence-corrected chi connectivity index (χ0v) is 13.2. The molecular weight excluding hydrogens is 308 g/mol. The van der Waals surface area contributed by atoms with Crippen molar-refractivity contribution in [2.24, 2.45) is 0 Å². The summed E-state index contributed by atoms with van der Waals surface area (Å²) in [5.74, 6) is 1.21. The third kappa shape index (κ3) is 4.42. The van der Waals surface area contributed by atoms with Gasteiger partial charge in [0.25, 0.3) is 0 Å². The van der Waals surface area contributed by atoms with Crippen LogP contribution < -0.4 is 0 Å². The fourth-order valence-corrected chi connectivity index (χ4v) is 2.58. The van der Waals surface area contributed by atoms with Crippen LogP contribution in [0, 0.1) is 12.3 Å². The van der Waals surface area contributed by atoms with Crippen molar-refractivity contribution in [1.29, 1.82) is 0 Å². The molecule has 8 heteroatoms. The van der Waals surface area contributed by atoms with Crippen LogP contribution in [0.4, 0.5) is 0 Å². The van der Waals surface area contributed by atoms with Crippen LogP contribution in [0.5, 0.6) is 0 Å². The maximum atomic E-state index is 11.5. The van der Waals surface area contributed by atoms with Gasteiger partial charge >= 0.3 is 11.9 Å². The monoisotopic (exact) mass is 328 g/mol. The Morgan fingerprint density at radius 1 is 1.17 bits per heavy atom. The van der Waals surface area contributed by atoms with Gasteiger partial charge in [-0.3, -0.25) is 9.59 Å². The Kier molecular flexibility index (Phi) is 5.96. The second kappa shape index (κ2) is 7.75. The molecule has 128 valence electrons. The van der Waals surface area contributed by atoms with Crippen molar-refractivity contribution < 1.29 is 38.0 Å². The molecule has 2 aliphatic rings. The van der Waals surface area contributed by atoms with Gasteiger partial charge in [-0.25, -0.2) is 0 Å². The molecule has 2 rings (SSSR count). The van der Waals surface area contributed by atoms with Gasteiger partial charge in [0.15, 0.2) is 24.8 Å². The van der Waals surface area contributed by atoms with Crippen LogP contribution in [-0.2, 0) is 38.0 Å². The highest BCUT2D eigenvalue weighted by molar-refractivity contribution is 5.67. The largest absolute Gasteiger partial charge is 0.455 e. The van der Waals surface area contributed by atoms with E-state index in [4.69, 9.17) is 34.8 Å². The van der Waals surface area contributed by atoms with E-state index in [1.54, 1.807) is 6.92 Å². The van der Waals surface area contributed by atoms with E-state index < -0.39 is 48.9 Å². The predicted octanol–water partition coefficient (Wildman–Crippen LogP) is -0.0141. The fourth-order valence-electron chi connectivity index (χ4n) is 2.58. The van der Waals surface area contributed by atoms with E-state index in [0.29, 0.717) is 0 Å². The lowest BCUT2D eigenvalue weighted by molar-refractivity contribution is -0.355. The van der Waals surface area contributed by atoms with Crippen molar-refractivity contribution in [3.8, 4) is 12.3 Å². The smallest absolute Gasteiger partial charge is 0.303 e. The molecule has 0 aliphatic carbocycles. The second-order valence-corrected chi connectivity index (χ2v) is 5.21. The molecule has 0 unspecified atom stereocenters. The summed E-state index contributed by atoms with van der Waals surface area (Å²) in [4.78, 5) is 22.9. The molecule has 0 spiro atoms. The zero-order chi connectivity index (χ0) is 17.0. The lowest BCUT2D eigenvalue weighted by Crippen LogP contribution is -2.64. The van der Waals surface area contributed by atoms with E-state index in [-0.39, 0.29) is 13.2 Å². The normalized spacial score (nSPS) is 36.4. The van der Waals surface area contributed by atoms with E-state index in [1.807, 2.05) is 0 Å². The minimum absolute atomic E-state index is 0.0509. The summed E-state index contributed by atoms with van der Waals surface area (Å²) in [5.41, 5.74) is 0. The zero-order valence-electron chi connectivity index (χ0n) is 13.2. The molecule has 2 saturated heterocycles. The van der Waals surface area contributed by atoms with Crippen LogP contribution in [0.25, 0.3) is 0 Å². The number of carbonyl (C=O) groups is 2. The SMILES string of the molecule is C#CCO[C@@H]1O[C@@H]2CO[C@@H](C)O[C@H]2[C@H](OC(C)=O)[C@H]1OC(C)=O. The fraction of sp³-hybridized carbons (Fsp3) is 0.733. The number of rotatable bonds is 4. The first-order valence-corrected chi connectivity index (χ1v) is 7.24. The average molecular weight is 328 g/mol. The van der Waals surface area contributed by atoms with Gasteiger partial charge in [0.1, 0.15) is 18.8 Å². The standard InChI is InChI=1S/C15H20O8/c1-5-6-18-15-14(21-9(3)17)13(20-8(2)16)12-11(23-15)7-19-10(4)22-12/h1,10-15H,6-7H2,2-4H3/t10-,11-,12-,13+,14-,15-/m1/s1. The molecular formula is C15H20O8. The first-order valence-electron chi connectivity index (χ1n) is 7.24. The van der Waals surface area contributed by atoms with Crippen molar-refractivity contribution in [1.82, 2.24) is 0 Å². The molecule has 8 nitrogen and oxygen atoms in total. The molecule has 0 radical (unpaired) electrons. The Labute approximate surface area is 134 Å². The van der Waals surface area contributed by atoms with Crippen molar-refractivity contribution in [3.05, 3.63) is 0 Å². The molecule has 0 amide bonds. The predicted molar refractivity (Wildman–Crippen MR) is 74.8 cm³/mol. The molecule has 0 aromatic carbocycles. The molecule has 2 aliphatic heterocycles. The number of esters is 2. The van der Waals surface area contributed by atoms with Crippen molar-refractivity contribution in [3.63, 3.8) is 0 Å². The van der Waals surface area contributed by atoms with Crippen molar-refractivity contribution in [2.45, 2.75) is 57.8 Å². The van der Waals surface area contributed by atoms with Gasteiger partial charge in [0, 0.05) is 13.8 Å². The Balaban J connectivity index is 2.26.